The van der Waals surface area contributed by atoms with Crippen LogP contribution < -0.4 is 0 Å². The molecule has 12 rings (SSSR count). The Morgan fingerprint density at radius 3 is 1.52 bits per heavy atom. The number of aromatic nitrogens is 4. The monoisotopic (exact) mass is 778 g/mol. The smallest absolute Gasteiger partial charge is 0.164 e. The van der Waals surface area contributed by atoms with Gasteiger partial charge in [-0.1, -0.05) is 176 Å². The molecule has 0 fully saturated rings. The van der Waals surface area contributed by atoms with Gasteiger partial charge in [-0.2, -0.15) is 0 Å². The van der Waals surface area contributed by atoms with Crippen molar-refractivity contribution in [3.63, 3.8) is 0 Å². The Labute approximate surface area is 351 Å². The van der Waals surface area contributed by atoms with Gasteiger partial charge in [0.25, 0.3) is 0 Å². The largest absolute Gasteiger partial charge is 0.456 e. The molecular weight excluding hydrogens is 745 g/mol. The van der Waals surface area contributed by atoms with Gasteiger partial charge in [0.05, 0.1) is 11.2 Å². The van der Waals surface area contributed by atoms with Crippen molar-refractivity contribution in [3.05, 3.63) is 206 Å². The summed E-state index contributed by atoms with van der Waals surface area (Å²) in [4.78, 5) is 20.4. The molecule has 0 aliphatic carbocycles. The lowest BCUT2D eigenvalue weighted by atomic mass is 9.88. The van der Waals surface area contributed by atoms with E-state index in [1.165, 1.54) is 0 Å². The highest BCUT2D eigenvalue weighted by molar-refractivity contribution is 6.28. The summed E-state index contributed by atoms with van der Waals surface area (Å²) in [5, 5.41) is 7.65. The van der Waals surface area contributed by atoms with Crippen molar-refractivity contribution in [2.24, 2.45) is 0 Å². The van der Waals surface area contributed by atoms with Crippen LogP contribution in [0.15, 0.2) is 211 Å². The van der Waals surface area contributed by atoms with Crippen molar-refractivity contribution < 1.29 is 4.42 Å². The topological polar surface area (TPSA) is 64.7 Å². The maximum Gasteiger partial charge on any atom is 0.164 e. The van der Waals surface area contributed by atoms with E-state index in [1.54, 1.807) is 0 Å². The summed E-state index contributed by atoms with van der Waals surface area (Å²) >= 11 is 0. The Balaban J connectivity index is 1.09. The van der Waals surface area contributed by atoms with Gasteiger partial charge >= 0.3 is 0 Å². The Bertz CT molecular complexity index is 3580. The highest BCUT2D eigenvalue weighted by Crippen LogP contribution is 2.47. The number of pyridine rings is 1. The average Bonchev–Trinajstić information content (AvgIpc) is 3.71. The quantitative estimate of drug-likeness (QED) is 0.157. The molecular formula is C56H34N4O. The van der Waals surface area contributed by atoms with Crippen molar-refractivity contribution >= 4 is 54.4 Å². The molecule has 0 saturated carbocycles. The molecule has 61 heavy (non-hydrogen) atoms. The van der Waals surface area contributed by atoms with Gasteiger partial charge in [-0.05, 0) is 57.8 Å². The Hall–Kier alpha value is -8.28. The number of fused-ring (bicyclic) bond motifs is 7. The van der Waals surface area contributed by atoms with Crippen molar-refractivity contribution in [3.8, 4) is 67.7 Å². The van der Waals surface area contributed by atoms with Gasteiger partial charge in [0.15, 0.2) is 17.5 Å². The van der Waals surface area contributed by atoms with Crippen LogP contribution in [0.25, 0.3) is 122 Å². The first-order valence-electron chi connectivity index (χ1n) is 20.5. The second-order valence-corrected chi connectivity index (χ2v) is 15.3. The average molecular weight is 779 g/mol. The molecule has 9 aromatic carbocycles. The number of para-hydroxylation sites is 2. The second-order valence-electron chi connectivity index (χ2n) is 15.3. The number of hydrogen-bond acceptors (Lipinski definition) is 5. The van der Waals surface area contributed by atoms with Gasteiger partial charge in [-0.15, -0.1) is 0 Å². The molecule has 0 amide bonds. The van der Waals surface area contributed by atoms with Crippen molar-refractivity contribution in [1.82, 2.24) is 19.9 Å². The standard InChI is InChI=1S/C56H34N4O/c1-4-17-35(18-5-1)53-46-34-49-52(45-28-13-15-30-48(45)61-49)50(51(46)44-27-12-14-29-47(44)57-53)39-24-16-23-38(33-39)40-31-32-43(42-26-11-10-25-41(40)42)56-59-54(36-19-6-2-7-20-36)58-55(60-56)37-21-8-3-9-22-37/h1-34H. The number of hydrogen-bond donors (Lipinski definition) is 0. The van der Waals surface area contributed by atoms with Crippen LogP contribution in [0.2, 0.25) is 0 Å². The zero-order chi connectivity index (χ0) is 40.3. The lowest BCUT2D eigenvalue weighted by Crippen LogP contribution is -2.00. The van der Waals surface area contributed by atoms with Gasteiger partial charge in [0.1, 0.15) is 11.2 Å². The third kappa shape index (κ3) is 5.86. The number of benzene rings is 9. The fourth-order valence-corrected chi connectivity index (χ4v) is 8.94. The van der Waals surface area contributed by atoms with E-state index in [-0.39, 0.29) is 0 Å². The third-order valence-electron chi connectivity index (χ3n) is 11.7. The molecule has 0 aliphatic heterocycles. The fourth-order valence-electron chi connectivity index (χ4n) is 8.94. The van der Waals surface area contributed by atoms with Gasteiger partial charge < -0.3 is 4.42 Å². The van der Waals surface area contributed by atoms with E-state index in [4.69, 9.17) is 24.4 Å². The highest BCUT2D eigenvalue weighted by atomic mass is 16.3. The first-order valence-corrected chi connectivity index (χ1v) is 20.5. The van der Waals surface area contributed by atoms with Gasteiger partial charge in [0, 0.05) is 54.7 Å². The summed E-state index contributed by atoms with van der Waals surface area (Å²) in [6.07, 6.45) is 0. The Morgan fingerprint density at radius 1 is 0.295 bits per heavy atom. The maximum atomic E-state index is 6.68. The maximum absolute atomic E-state index is 6.68. The molecule has 0 aliphatic rings. The third-order valence-corrected chi connectivity index (χ3v) is 11.7. The van der Waals surface area contributed by atoms with E-state index in [2.05, 4.69) is 133 Å². The van der Waals surface area contributed by atoms with Gasteiger partial charge in [-0.25, -0.2) is 19.9 Å². The van der Waals surface area contributed by atoms with E-state index in [0.717, 1.165) is 105 Å². The number of nitrogens with zero attached hydrogens (tertiary/aromatic N) is 4. The molecule has 3 heterocycles. The van der Waals surface area contributed by atoms with E-state index in [1.807, 2.05) is 72.8 Å². The summed E-state index contributed by atoms with van der Waals surface area (Å²) in [6, 6.07) is 71.6. The molecule has 0 atom stereocenters. The lowest BCUT2D eigenvalue weighted by Gasteiger charge is -2.17. The molecule has 0 unspecified atom stereocenters. The minimum Gasteiger partial charge on any atom is -0.456 e. The molecule has 0 bridgehead atoms. The molecule has 0 saturated heterocycles. The van der Waals surface area contributed by atoms with Crippen LogP contribution in [-0.2, 0) is 0 Å². The van der Waals surface area contributed by atoms with Crippen molar-refractivity contribution in [1.29, 1.82) is 0 Å². The number of rotatable bonds is 6. The normalized spacial score (nSPS) is 11.6. The molecule has 3 aromatic heterocycles. The summed E-state index contributed by atoms with van der Waals surface area (Å²) in [6.45, 7) is 0. The Morgan fingerprint density at radius 2 is 0.820 bits per heavy atom. The summed E-state index contributed by atoms with van der Waals surface area (Å²) in [5.74, 6) is 1.90. The van der Waals surface area contributed by atoms with Gasteiger partial charge in [0.2, 0.25) is 0 Å². The van der Waals surface area contributed by atoms with Crippen LogP contribution in [0.4, 0.5) is 0 Å². The highest BCUT2D eigenvalue weighted by Gasteiger charge is 2.23. The summed E-state index contributed by atoms with van der Waals surface area (Å²) in [5.41, 5.74) is 11.9. The molecule has 284 valence electrons. The first kappa shape index (κ1) is 34.7. The van der Waals surface area contributed by atoms with Crippen molar-refractivity contribution in [2.45, 2.75) is 0 Å². The zero-order valence-electron chi connectivity index (χ0n) is 32.8. The molecule has 5 nitrogen and oxygen atoms in total. The second kappa shape index (κ2) is 14.2. The van der Waals surface area contributed by atoms with E-state index in [9.17, 15) is 0 Å². The molecule has 0 radical (unpaired) electrons. The molecule has 12 aromatic rings. The minimum absolute atomic E-state index is 0.629. The van der Waals surface area contributed by atoms with Crippen LogP contribution in [0.5, 0.6) is 0 Å². The van der Waals surface area contributed by atoms with Crippen molar-refractivity contribution in [2.75, 3.05) is 0 Å². The zero-order valence-corrected chi connectivity index (χ0v) is 32.8. The van der Waals surface area contributed by atoms with Gasteiger partial charge in [-0.3, -0.25) is 0 Å². The van der Waals surface area contributed by atoms with Crippen LogP contribution >= 0.6 is 0 Å². The van der Waals surface area contributed by atoms with E-state index < -0.39 is 0 Å². The molecule has 0 spiro atoms. The van der Waals surface area contributed by atoms with Crippen LogP contribution in [0, 0.1) is 0 Å². The van der Waals surface area contributed by atoms with Crippen LogP contribution in [0.1, 0.15) is 0 Å². The van der Waals surface area contributed by atoms with E-state index >= 15 is 0 Å². The molecule has 5 heteroatoms. The van der Waals surface area contributed by atoms with E-state index in [0.29, 0.717) is 17.5 Å². The lowest BCUT2D eigenvalue weighted by molar-refractivity contribution is 0.669. The molecule has 0 N–H and O–H groups in total. The number of furan rings is 1. The van der Waals surface area contributed by atoms with Crippen LogP contribution in [0.3, 0.4) is 0 Å². The SMILES string of the molecule is c1ccc(-c2nc(-c3ccccc3)nc(-c3ccc(-c4cccc(-c5c6c(cc7c(-c8ccccc8)nc8ccccc8c57)oc5ccccc56)c4)c4ccccc34)n2)cc1. The minimum atomic E-state index is 0.629. The fraction of sp³-hybridized carbons (Fsp3) is 0. The predicted octanol–water partition coefficient (Wildman–Crippen LogP) is 14.6. The predicted molar refractivity (Wildman–Crippen MR) is 250 cm³/mol. The Kier molecular flexibility index (Phi) is 8.10. The summed E-state index contributed by atoms with van der Waals surface area (Å²) in [7, 11) is 0. The summed E-state index contributed by atoms with van der Waals surface area (Å²) < 4.78 is 6.68. The first-order chi connectivity index (χ1) is 30.2. The van der Waals surface area contributed by atoms with Crippen LogP contribution in [-0.4, -0.2) is 19.9 Å².